The van der Waals surface area contributed by atoms with Crippen LogP contribution in [0.5, 0.6) is 0 Å². The first kappa shape index (κ1) is 54.5. The van der Waals surface area contributed by atoms with Gasteiger partial charge in [-0.05, 0) is 52.1 Å². The van der Waals surface area contributed by atoms with Crippen LogP contribution >= 0.6 is 0 Å². The molecule has 3 rings (SSSR count). The molecular formula is C47H59F3N6O11. The highest BCUT2D eigenvalue weighted by Crippen LogP contribution is 2.23. The van der Waals surface area contributed by atoms with Gasteiger partial charge in [0, 0.05) is 19.3 Å². The van der Waals surface area contributed by atoms with E-state index < -0.39 is 121 Å². The average Bonchev–Trinajstić information content (AvgIpc) is 3.22. The van der Waals surface area contributed by atoms with E-state index in [2.05, 4.69) is 26.6 Å². The number of carboxylic acid groups (broad SMARTS) is 2. The number of nitrogens with one attached hydrogen (secondary N) is 6. The molecule has 0 aliphatic carbocycles. The molecule has 0 unspecified atom stereocenters. The number of carboxylic acids is 2. The van der Waals surface area contributed by atoms with Crippen molar-refractivity contribution in [1.82, 2.24) is 31.9 Å². The van der Waals surface area contributed by atoms with Gasteiger partial charge in [-0.25, -0.2) is 0 Å². The molecule has 8 N–H and O–H groups in total. The zero-order valence-corrected chi connectivity index (χ0v) is 38.1. The zero-order chi connectivity index (χ0) is 50.2. The molecule has 20 heteroatoms. The van der Waals surface area contributed by atoms with E-state index in [0.29, 0.717) is 11.1 Å². The topological polar surface area (TPSA) is 266 Å². The minimum atomic E-state index is -4.78. The van der Waals surface area contributed by atoms with Crippen LogP contribution in [0.2, 0.25) is 0 Å². The lowest BCUT2D eigenvalue weighted by Crippen LogP contribution is -2.62. The molecule has 17 nitrogen and oxygen atoms in total. The van der Waals surface area contributed by atoms with Gasteiger partial charge in [-0.2, -0.15) is 13.2 Å². The number of amides is 6. The number of rotatable bonds is 24. The fourth-order valence-corrected chi connectivity index (χ4v) is 7.04. The Bertz CT molecular complexity index is 2280. The van der Waals surface area contributed by atoms with Gasteiger partial charge in [0.15, 0.2) is 0 Å². The molecule has 0 saturated heterocycles. The fraction of sp³-hybridized carbons (Fsp3) is 0.468. The number of hydrogen-bond acceptors (Lipinski definition) is 9. The number of carbonyl (C=O) groups excluding carboxylic acids is 7. The smallest absolute Gasteiger partial charge is 0.391 e. The van der Waals surface area contributed by atoms with Gasteiger partial charge in [-0.3, -0.25) is 38.4 Å². The van der Waals surface area contributed by atoms with E-state index in [9.17, 15) is 61.4 Å². The Hall–Kier alpha value is -6.86. The minimum absolute atomic E-state index is 0.0596. The van der Waals surface area contributed by atoms with Crippen molar-refractivity contribution in [3.05, 3.63) is 83.4 Å². The summed E-state index contributed by atoms with van der Waals surface area (Å²) in [7, 11) is 0. The summed E-state index contributed by atoms with van der Waals surface area (Å²) in [5.74, 6) is -8.92. The van der Waals surface area contributed by atoms with Crippen LogP contribution in [0.1, 0.15) is 83.4 Å². The predicted molar refractivity (Wildman–Crippen MR) is 239 cm³/mol. The second kappa shape index (κ2) is 24.6. The first-order valence-corrected chi connectivity index (χ1v) is 21.5. The van der Waals surface area contributed by atoms with Crippen LogP contribution < -0.4 is 31.9 Å². The Morgan fingerprint density at radius 1 is 0.627 bits per heavy atom. The van der Waals surface area contributed by atoms with Gasteiger partial charge in [0.25, 0.3) is 0 Å². The maximum atomic E-state index is 14.5. The SMILES string of the molecule is Cc1ccccc1C[C@H](NC(=O)[C@@H](Cc1ccc2ccccc2c1)NC(=O)[C@@H](CC(=O)O)NC(=O)CCC(=O)O)C(=O)N[C@H](C(=O)N[C@@H](CC(C)C)C(=O)N[C@H](C=O)CC(F)(F)F)C(C)(C)C. The van der Waals surface area contributed by atoms with Crippen LogP contribution in [0.15, 0.2) is 66.7 Å². The van der Waals surface area contributed by atoms with Crippen LogP contribution in [0, 0.1) is 18.3 Å². The summed E-state index contributed by atoms with van der Waals surface area (Å²) >= 11 is 0. The predicted octanol–water partition coefficient (Wildman–Crippen LogP) is 3.43. The standard InChI is InChI=1S/C47H59F3N6O11/c1-26(2)19-33(41(63)51-32(25-57)24-47(48,49)50)55-45(67)40(46(4,5)6)56-44(66)35(22-30-13-8-7-11-27(30)3)54-42(64)34(21-28-15-16-29-12-9-10-14-31(29)20-28)53-43(65)36(23-39(61)62)52-37(58)17-18-38(59)60/h7-16,20,25-26,32-36,40H,17-19,21-24H2,1-6H3,(H,51,63)(H,52,58)(H,53,65)(H,54,64)(H,55,67)(H,56,66)(H,59,60)(H,61,62)/t32-,33-,34+,35-,36+,40+/m0/s1. The number of aryl methyl sites for hydroxylation is 1. The highest BCUT2D eigenvalue weighted by molar-refractivity contribution is 5.98. The van der Waals surface area contributed by atoms with Crippen molar-refractivity contribution < 1.29 is 66.5 Å². The molecular weight excluding hydrogens is 882 g/mol. The number of carbonyl (C=O) groups is 9. The molecule has 0 aromatic heterocycles. The second-order valence-corrected chi connectivity index (χ2v) is 17.8. The van der Waals surface area contributed by atoms with Gasteiger partial charge in [0.05, 0.1) is 25.3 Å². The van der Waals surface area contributed by atoms with Crippen molar-refractivity contribution >= 4 is 64.4 Å². The molecule has 0 radical (unpaired) electrons. The quantitative estimate of drug-likeness (QED) is 0.0604. The lowest BCUT2D eigenvalue weighted by Gasteiger charge is -2.34. The third-order valence-electron chi connectivity index (χ3n) is 10.5. The molecule has 364 valence electrons. The second-order valence-electron chi connectivity index (χ2n) is 17.8. The highest BCUT2D eigenvalue weighted by atomic mass is 19.4. The van der Waals surface area contributed by atoms with E-state index >= 15 is 0 Å². The number of alkyl halides is 3. The van der Waals surface area contributed by atoms with Crippen molar-refractivity contribution in [2.75, 3.05) is 0 Å². The molecule has 6 atom stereocenters. The summed E-state index contributed by atoms with van der Waals surface area (Å²) in [6, 6.07) is 9.89. The minimum Gasteiger partial charge on any atom is -0.481 e. The molecule has 0 aliphatic rings. The molecule has 0 aliphatic heterocycles. The van der Waals surface area contributed by atoms with Crippen LogP contribution in [-0.2, 0) is 56.0 Å². The van der Waals surface area contributed by atoms with E-state index in [1.165, 1.54) is 0 Å². The van der Waals surface area contributed by atoms with E-state index in [4.69, 9.17) is 5.11 Å². The van der Waals surface area contributed by atoms with Gasteiger partial charge < -0.3 is 46.9 Å². The number of fused-ring (bicyclic) bond motifs is 1. The first-order chi connectivity index (χ1) is 31.3. The molecule has 67 heavy (non-hydrogen) atoms. The number of aldehydes is 1. The molecule has 0 saturated carbocycles. The molecule has 3 aromatic carbocycles. The summed E-state index contributed by atoms with van der Waals surface area (Å²) in [5, 5.41) is 34.9. The summed E-state index contributed by atoms with van der Waals surface area (Å²) in [6.45, 7) is 9.94. The van der Waals surface area contributed by atoms with Crippen molar-refractivity contribution in [3.8, 4) is 0 Å². The molecule has 6 amide bonds. The Morgan fingerprint density at radius 2 is 1.18 bits per heavy atom. The van der Waals surface area contributed by atoms with Crippen molar-refractivity contribution in [1.29, 1.82) is 0 Å². The molecule has 0 fully saturated rings. The summed E-state index contributed by atoms with van der Waals surface area (Å²) < 4.78 is 39.4. The van der Waals surface area contributed by atoms with Crippen LogP contribution in [0.3, 0.4) is 0 Å². The van der Waals surface area contributed by atoms with E-state index in [1.54, 1.807) is 90.1 Å². The molecule has 0 bridgehead atoms. The Kier molecular flexibility index (Phi) is 20.0. The summed E-state index contributed by atoms with van der Waals surface area (Å²) in [5.41, 5.74) is 0.745. The first-order valence-electron chi connectivity index (χ1n) is 21.5. The largest absolute Gasteiger partial charge is 0.481 e. The van der Waals surface area contributed by atoms with Crippen LogP contribution in [0.4, 0.5) is 13.2 Å². The number of hydrogen-bond donors (Lipinski definition) is 8. The van der Waals surface area contributed by atoms with Gasteiger partial charge in [-0.1, -0.05) is 101 Å². The highest BCUT2D eigenvalue weighted by Gasteiger charge is 2.39. The molecule has 0 spiro atoms. The number of benzene rings is 3. The third kappa shape index (κ3) is 18.5. The average molecular weight is 941 g/mol. The van der Waals surface area contributed by atoms with Crippen LogP contribution in [-0.4, -0.2) is 106 Å². The van der Waals surface area contributed by atoms with E-state index in [-0.39, 0.29) is 31.5 Å². The molecule has 3 aromatic rings. The molecule has 0 heterocycles. The van der Waals surface area contributed by atoms with Gasteiger partial charge in [0.1, 0.15) is 36.5 Å². The van der Waals surface area contributed by atoms with Crippen molar-refractivity contribution in [2.45, 2.75) is 129 Å². The number of aliphatic carboxylic acids is 2. The van der Waals surface area contributed by atoms with Crippen LogP contribution in [0.25, 0.3) is 10.8 Å². The maximum absolute atomic E-state index is 14.5. The van der Waals surface area contributed by atoms with Crippen molar-refractivity contribution in [2.24, 2.45) is 11.3 Å². The van der Waals surface area contributed by atoms with Gasteiger partial charge in [-0.15, -0.1) is 0 Å². The number of halogens is 3. The summed E-state index contributed by atoms with van der Waals surface area (Å²) in [4.78, 5) is 117. The Labute approximate surface area is 385 Å². The fourth-order valence-electron chi connectivity index (χ4n) is 7.04. The lowest BCUT2D eigenvalue weighted by molar-refractivity contribution is -0.147. The zero-order valence-electron chi connectivity index (χ0n) is 38.1. The van der Waals surface area contributed by atoms with Gasteiger partial charge >= 0.3 is 18.1 Å². The van der Waals surface area contributed by atoms with E-state index in [1.807, 2.05) is 23.5 Å². The maximum Gasteiger partial charge on any atom is 0.391 e. The monoisotopic (exact) mass is 940 g/mol. The third-order valence-corrected chi connectivity index (χ3v) is 10.5. The lowest BCUT2D eigenvalue weighted by atomic mass is 9.85. The Morgan fingerprint density at radius 3 is 1.75 bits per heavy atom. The normalized spacial score (nSPS) is 14.3. The van der Waals surface area contributed by atoms with E-state index in [0.717, 1.165) is 16.3 Å². The summed E-state index contributed by atoms with van der Waals surface area (Å²) in [6.07, 6.45) is -9.03. The Balaban J connectivity index is 2.03. The van der Waals surface area contributed by atoms with Crippen molar-refractivity contribution in [3.63, 3.8) is 0 Å². The van der Waals surface area contributed by atoms with Gasteiger partial charge in [0.2, 0.25) is 35.4 Å².